The van der Waals surface area contributed by atoms with Gasteiger partial charge in [-0.05, 0) is 37.0 Å². The lowest BCUT2D eigenvalue weighted by molar-refractivity contribution is -0.154. The molecule has 1 amide bonds. The number of carbonyl (C=O) groups excluding carboxylic acids is 1. The topological polar surface area (TPSA) is 42.1 Å². The first kappa shape index (κ1) is 18.8. The Bertz CT molecular complexity index is 911. The standard InChI is InChI=1S/C24H26FNO3/c1-24(2)26(22-17-11-7-6-10-16(17)13-19(22)29-24)23(27)18(21(25)20-14-28-20)12-15-8-4-3-5-9-15/h3-11,18-22H,12-14H2,1-2H3/t18-,19-,20-,21-,22+/m1/s1. The van der Waals surface area contributed by atoms with Crippen LogP contribution in [0.15, 0.2) is 54.6 Å². The summed E-state index contributed by atoms with van der Waals surface area (Å²) in [6, 6.07) is 17.6. The molecular formula is C24H26FNO3. The zero-order chi connectivity index (χ0) is 20.2. The Morgan fingerprint density at radius 3 is 2.59 bits per heavy atom. The van der Waals surface area contributed by atoms with Crippen LogP contribution in [0.3, 0.4) is 0 Å². The Morgan fingerprint density at radius 1 is 1.17 bits per heavy atom. The van der Waals surface area contributed by atoms with Crippen molar-refractivity contribution in [3.05, 3.63) is 71.3 Å². The summed E-state index contributed by atoms with van der Waals surface area (Å²) in [6.45, 7) is 4.20. The number of nitrogens with zero attached hydrogens (tertiary/aromatic N) is 1. The van der Waals surface area contributed by atoms with Crippen LogP contribution in [0.25, 0.3) is 0 Å². The Morgan fingerprint density at radius 2 is 1.86 bits per heavy atom. The summed E-state index contributed by atoms with van der Waals surface area (Å²) in [6.07, 6.45) is -0.756. The second kappa shape index (κ2) is 6.92. The van der Waals surface area contributed by atoms with Crippen molar-refractivity contribution in [1.29, 1.82) is 0 Å². The molecule has 5 heteroatoms. The average Bonchev–Trinajstić information content (AvgIpc) is 3.45. The minimum absolute atomic E-state index is 0.0843. The third-order valence-electron chi connectivity index (χ3n) is 6.40. The summed E-state index contributed by atoms with van der Waals surface area (Å²) in [5.41, 5.74) is 2.50. The normalized spacial score (nSPS) is 28.5. The monoisotopic (exact) mass is 395 g/mol. The molecule has 0 unspecified atom stereocenters. The number of benzene rings is 2. The first-order chi connectivity index (χ1) is 14.0. The molecule has 1 aliphatic carbocycles. The number of carbonyl (C=O) groups is 1. The SMILES string of the molecule is CC1(C)O[C@@H]2Cc3ccccc3[C@@H]2N1C(=O)[C@H](Cc1ccccc1)[C@@H](F)[C@H]1CO1. The molecule has 5 rings (SSSR count). The van der Waals surface area contributed by atoms with Crippen LogP contribution in [-0.4, -0.2) is 41.5 Å². The van der Waals surface area contributed by atoms with Crippen LogP contribution < -0.4 is 0 Å². The van der Waals surface area contributed by atoms with Gasteiger partial charge in [0.1, 0.15) is 18.0 Å². The Hall–Kier alpha value is -2.24. The molecule has 0 aromatic heterocycles. The van der Waals surface area contributed by atoms with Crippen LogP contribution in [0.4, 0.5) is 4.39 Å². The van der Waals surface area contributed by atoms with Gasteiger partial charge in [-0.25, -0.2) is 4.39 Å². The summed E-state index contributed by atoms with van der Waals surface area (Å²) in [5.74, 6) is -0.981. The van der Waals surface area contributed by atoms with Crippen molar-refractivity contribution in [1.82, 2.24) is 4.90 Å². The van der Waals surface area contributed by atoms with Gasteiger partial charge >= 0.3 is 0 Å². The number of hydrogen-bond acceptors (Lipinski definition) is 3. The van der Waals surface area contributed by atoms with E-state index in [2.05, 4.69) is 12.1 Å². The summed E-state index contributed by atoms with van der Waals surface area (Å²) in [4.78, 5) is 15.6. The Kier molecular flexibility index (Phi) is 4.48. The number of alkyl halides is 1. The van der Waals surface area contributed by atoms with Gasteiger partial charge in [0.25, 0.3) is 0 Å². The highest BCUT2D eigenvalue weighted by molar-refractivity contribution is 5.82. The highest BCUT2D eigenvalue weighted by Gasteiger charge is 2.56. The van der Waals surface area contributed by atoms with E-state index >= 15 is 4.39 Å². The van der Waals surface area contributed by atoms with E-state index in [1.165, 1.54) is 5.56 Å². The maximum atomic E-state index is 15.3. The Balaban J connectivity index is 1.50. The summed E-state index contributed by atoms with van der Waals surface area (Å²) >= 11 is 0. The van der Waals surface area contributed by atoms with E-state index in [1.54, 1.807) is 4.90 Å². The highest BCUT2D eigenvalue weighted by atomic mass is 19.1. The van der Waals surface area contributed by atoms with Gasteiger partial charge in [0.05, 0.1) is 24.7 Å². The molecule has 0 bridgehead atoms. The lowest BCUT2D eigenvalue weighted by atomic mass is 9.90. The van der Waals surface area contributed by atoms with Gasteiger partial charge in [-0.1, -0.05) is 54.6 Å². The second-order valence-electron chi connectivity index (χ2n) is 8.77. The first-order valence-electron chi connectivity index (χ1n) is 10.3. The van der Waals surface area contributed by atoms with Gasteiger partial charge in [-0.15, -0.1) is 0 Å². The molecule has 2 aromatic rings. The molecule has 2 saturated heterocycles. The van der Waals surface area contributed by atoms with Gasteiger partial charge in [0, 0.05) is 6.42 Å². The molecule has 0 saturated carbocycles. The van der Waals surface area contributed by atoms with Crippen molar-refractivity contribution < 1.29 is 18.7 Å². The largest absolute Gasteiger partial charge is 0.370 e. The number of fused-ring (bicyclic) bond motifs is 3. The minimum Gasteiger partial charge on any atom is -0.370 e. The number of epoxide rings is 1. The molecule has 2 fully saturated rings. The van der Waals surface area contributed by atoms with Crippen molar-refractivity contribution in [3.8, 4) is 0 Å². The molecule has 2 aromatic carbocycles. The summed E-state index contributed by atoms with van der Waals surface area (Å²) in [7, 11) is 0. The van der Waals surface area contributed by atoms with Crippen molar-refractivity contribution in [2.75, 3.05) is 6.61 Å². The van der Waals surface area contributed by atoms with Gasteiger partial charge in [0.2, 0.25) is 5.91 Å². The highest BCUT2D eigenvalue weighted by Crippen LogP contribution is 2.49. The number of hydrogen-bond donors (Lipinski definition) is 0. The summed E-state index contributed by atoms with van der Waals surface area (Å²) in [5, 5.41) is 0. The maximum absolute atomic E-state index is 15.3. The molecule has 0 spiro atoms. The smallest absolute Gasteiger partial charge is 0.231 e. The van der Waals surface area contributed by atoms with Crippen molar-refractivity contribution >= 4 is 5.91 Å². The number of halogens is 1. The van der Waals surface area contributed by atoms with Gasteiger partial charge in [-0.2, -0.15) is 0 Å². The molecule has 4 nitrogen and oxygen atoms in total. The number of amides is 1. The summed E-state index contributed by atoms with van der Waals surface area (Å²) < 4.78 is 26.8. The molecule has 3 aliphatic rings. The molecule has 0 radical (unpaired) electrons. The number of rotatable bonds is 5. The maximum Gasteiger partial charge on any atom is 0.231 e. The molecule has 29 heavy (non-hydrogen) atoms. The molecule has 5 atom stereocenters. The van der Waals surface area contributed by atoms with E-state index in [0.717, 1.165) is 17.5 Å². The average molecular weight is 395 g/mol. The predicted molar refractivity (Wildman–Crippen MR) is 107 cm³/mol. The van der Waals surface area contributed by atoms with Crippen LogP contribution >= 0.6 is 0 Å². The van der Waals surface area contributed by atoms with Crippen molar-refractivity contribution in [3.63, 3.8) is 0 Å². The van der Waals surface area contributed by atoms with Crippen LogP contribution in [0.1, 0.15) is 36.6 Å². The van der Waals surface area contributed by atoms with Gasteiger partial charge in [0.15, 0.2) is 0 Å². The molecular weight excluding hydrogens is 369 g/mol. The van der Waals surface area contributed by atoms with Gasteiger partial charge < -0.3 is 14.4 Å². The van der Waals surface area contributed by atoms with Crippen LogP contribution in [-0.2, 0) is 27.1 Å². The zero-order valence-electron chi connectivity index (χ0n) is 16.8. The van der Waals surface area contributed by atoms with Crippen LogP contribution in [0.5, 0.6) is 0 Å². The van der Waals surface area contributed by atoms with Crippen molar-refractivity contribution in [2.45, 2.75) is 56.8 Å². The van der Waals surface area contributed by atoms with E-state index in [9.17, 15) is 4.79 Å². The zero-order valence-corrected chi connectivity index (χ0v) is 16.8. The van der Waals surface area contributed by atoms with Gasteiger partial charge in [-0.3, -0.25) is 4.79 Å². The molecule has 2 heterocycles. The predicted octanol–water partition coefficient (Wildman–Crippen LogP) is 3.84. The fourth-order valence-electron chi connectivity index (χ4n) is 4.99. The van der Waals surface area contributed by atoms with Crippen LogP contribution in [0.2, 0.25) is 0 Å². The molecule has 2 aliphatic heterocycles. The first-order valence-corrected chi connectivity index (χ1v) is 10.3. The van der Waals surface area contributed by atoms with E-state index in [0.29, 0.717) is 13.0 Å². The van der Waals surface area contributed by atoms with E-state index in [4.69, 9.17) is 9.47 Å². The third-order valence-corrected chi connectivity index (χ3v) is 6.40. The quantitative estimate of drug-likeness (QED) is 0.723. The lowest BCUT2D eigenvalue weighted by Gasteiger charge is -2.37. The van der Waals surface area contributed by atoms with Crippen LogP contribution in [0, 0.1) is 5.92 Å². The van der Waals surface area contributed by atoms with E-state index in [1.807, 2.05) is 56.3 Å². The third kappa shape index (κ3) is 3.26. The lowest BCUT2D eigenvalue weighted by Crippen LogP contribution is -2.50. The van der Waals surface area contributed by atoms with E-state index < -0.39 is 23.9 Å². The minimum atomic E-state index is -1.32. The fraction of sp³-hybridized carbons (Fsp3) is 0.458. The second-order valence-corrected chi connectivity index (χ2v) is 8.77. The van der Waals surface area contributed by atoms with Crippen molar-refractivity contribution in [2.24, 2.45) is 5.92 Å². The fourth-order valence-corrected chi connectivity index (χ4v) is 4.99. The Labute approximate surface area is 170 Å². The molecule has 152 valence electrons. The van der Waals surface area contributed by atoms with E-state index in [-0.39, 0.29) is 18.1 Å². The molecule has 0 N–H and O–H groups in total. The number of ether oxygens (including phenoxy) is 2.